The molecule has 0 saturated carbocycles. The summed E-state index contributed by atoms with van der Waals surface area (Å²) in [6, 6.07) is 15.3. The summed E-state index contributed by atoms with van der Waals surface area (Å²) in [5, 5.41) is 5.92. The van der Waals surface area contributed by atoms with Crippen molar-refractivity contribution >= 4 is 17.4 Å². The predicted octanol–water partition coefficient (Wildman–Crippen LogP) is 3.95. The van der Waals surface area contributed by atoms with E-state index in [-0.39, 0.29) is 11.7 Å². The minimum Gasteiger partial charge on any atom is -0.493 e. The molecule has 1 heterocycles. The van der Waals surface area contributed by atoms with Crippen LogP contribution in [0.1, 0.15) is 15.9 Å². The summed E-state index contributed by atoms with van der Waals surface area (Å²) in [6.45, 7) is 0.339. The van der Waals surface area contributed by atoms with Gasteiger partial charge in [0.2, 0.25) is 0 Å². The maximum Gasteiger partial charge on any atom is 0.252 e. The van der Waals surface area contributed by atoms with E-state index >= 15 is 0 Å². The number of pyridine rings is 1. The first-order chi connectivity index (χ1) is 14.1. The second kappa shape index (κ2) is 9.54. The Hall–Kier alpha value is -3.61. The molecule has 3 aromatic rings. The molecule has 1 aromatic heterocycles. The number of hydrogen-bond acceptors (Lipinski definition) is 5. The molecule has 0 unspecified atom stereocenters. The lowest BCUT2D eigenvalue weighted by molar-refractivity contribution is 0.0953. The van der Waals surface area contributed by atoms with Crippen LogP contribution in [0.25, 0.3) is 0 Å². The molecule has 0 spiro atoms. The number of carbonyl (C=O) groups excluding carboxylic acids is 1. The Kier molecular flexibility index (Phi) is 6.63. The highest BCUT2D eigenvalue weighted by Gasteiger charge is 2.08. The van der Waals surface area contributed by atoms with Crippen LogP contribution in [-0.2, 0) is 6.42 Å². The lowest BCUT2D eigenvalue weighted by atomic mass is 10.1. The topological polar surface area (TPSA) is 72.5 Å². The third-order valence-electron chi connectivity index (χ3n) is 4.32. The Bertz CT molecular complexity index is 977. The summed E-state index contributed by atoms with van der Waals surface area (Å²) in [5.41, 5.74) is 1.77. The average Bonchev–Trinajstić information content (AvgIpc) is 2.75. The predicted molar refractivity (Wildman–Crippen MR) is 110 cm³/mol. The van der Waals surface area contributed by atoms with Crippen molar-refractivity contribution in [3.05, 3.63) is 77.7 Å². The van der Waals surface area contributed by atoms with Gasteiger partial charge in [-0.2, -0.15) is 0 Å². The minimum atomic E-state index is -0.269. The van der Waals surface area contributed by atoms with Crippen molar-refractivity contribution < 1.29 is 18.7 Å². The zero-order chi connectivity index (χ0) is 20.6. The molecule has 6 nitrogen and oxygen atoms in total. The monoisotopic (exact) mass is 395 g/mol. The van der Waals surface area contributed by atoms with Gasteiger partial charge in [-0.25, -0.2) is 9.37 Å². The quantitative estimate of drug-likeness (QED) is 0.604. The van der Waals surface area contributed by atoms with E-state index in [1.54, 1.807) is 56.7 Å². The second-order valence-electron chi connectivity index (χ2n) is 6.22. The van der Waals surface area contributed by atoms with Crippen molar-refractivity contribution in [2.75, 3.05) is 26.1 Å². The van der Waals surface area contributed by atoms with Crippen LogP contribution in [0.15, 0.2) is 60.8 Å². The minimum absolute atomic E-state index is 0.258. The van der Waals surface area contributed by atoms with Crippen LogP contribution in [0.2, 0.25) is 0 Å². The lowest BCUT2D eigenvalue weighted by Gasteiger charge is -2.11. The molecule has 0 fully saturated rings. The van der Waals surface area contributed by atoms with E-state index in [0.29, 0.717) is 41.4 Å². The summed E-state index contributed by atoms with van der Waals surface area (Å²) in [7, 11) is 3.14. The number of nitrogens with zero attached hydrogens (tertiary/aromatic N) is 1. The largest absolute Gasteiger partial charge is 0.493 e. The molecule has 0 saturated heterocycles. The van der Waals surface area contributed by atoms with Crippen molar-refractivity contribution in [2.45, 2.75) is 6.42 Å². The van der Waals surface area contributed by atoms with Gasteiger partial charge < -0.3 is 20.1 Å². The number of methoxy groups -OCH3 is 2. The van der Waals surface area contributed by atoms with Gasteiger partial charge in [-0.05, 0) is 42.3 Å². The van der Waals surface area contributed by atoms with Gasteiger partial charge in [0.1, 0.15) is 11.6 Å². The van der Waals surface area contributed by atoms with E-state index in [2.05, 4.69) is 15.6 Å². The Labute approximate surface area is 168 Å². The smallest absolute Gasteiger partial charge is 0.252 e. The van der Waals surface area contributed by atoms with Crippen LogP contribution in [0.5, 0.6) is 11.5 Å². The molecule has 0 bridgehead atoms. The van der Waals surface area contributed by atoms with E-state index in [1.807, 2.05) is 6.07 Å². The normalized spacial score (nSPS) is 10.3. The van der Waals surface area contributed by atoms with Gasteiger partial charge in [0, 0.05) is 24.5 Å². The van der Waals surface area contributed by atoms with Gasteiger partial charge in [-0.15, -0.1) is 0 Å². The van der Waals surface area contributed by atoms with Gasteiger partial charge in [-0.1, -0.05) is 18.2 Å². The molecule has 0 aliphatic heterocycles. The Morgan fingerprint density at radius 2 is 1.83 bits per heavy atom. The molecular formula is C22H22FN3O3. The zero-order valence-electron chi connectivity index (χ0n) is 16.2. The molecule has 2 aromatic carbocycles. The molecule has 2 N–H and O–H groups in total. The molecular weight excluding hydrogens is 373 g/mol. The standard InChI is InChI=1S/C22H22FN3O3/c1-28-19-9-8-17(13-20(19)29-2)26-21-10-7-16(14-25-21)22(27)24-12-11-15-5-3-4-6-18(15)23/h3-10,13-14H,11-12H2,1-2H3,(H,24,27)(H,25,26). The van der Waals surface area contributed by atoms with E-state index in [1.165, 1.54) is 12.3 Å². The molecule has 1 amide bonds. The fraction of sp³-hybridized carbons (Fsp3) is 0.182. The SMILES string of the molecule is COc1ccc(Nc2ccc(C(=O)NCCc3ccccc3F)cn2)cc1OC. The number of ether oxygens (including phenoxy) is 2. The fourth-order valence-electron chi connectivity index (χ4n) is 2.78. The molecule has 0 aliphatic carbocycles. The highest BCUT2D eigenvalue weighted by atomic mass is 19.1. The number of hydrogen-bond donors (Lipinski definition) is 2. The number of anilines is 2. The number of halogens is 1. The van der Waals surface area contributed by atoms with Gasteiger partial charge in [0.25, 0.3) is 5.91 Å². The maximum absolute atomic E-state index is 13.6. The number of benzene rings is 2. The third kappa shape index (κ3) is 5.22. The Morgan fingerprint density at radius 1 is 1.03 bits per heavy atom. The zero-order valence-corrected chi connectivity index (χ0v) is 16.2. The lowest BCUT2D eigenvalue weighted by Crippen LogP contribution is -2.26. The first-order valence-corrected chi connectivity index (χ1v) is 9.07. The number of aromatic nitrogens is 1. The van der Waals surface area contributed by atoms with Crippen molar-refractivity contribution in [2.24, 2.45) is 0 Å². The van der Waals surface area contributed by atoms with Crippen LogP contribution in [0.3, 0.4) is 0 Å². The van der Waals surface area contributed by atoms with Gasteiger partial charge >= 0.3 is 0 Å². The summed E-state index contributed by atoms with van der Waals surface area (Å²) < 4.78 is 24.1. The average molecular weight is 395 g/mol. The molecule has 3 rings (SSSR count). The van der Waals surface area contributed by atoms with E-state index < -0.39 is 0 Å². The molecule has 0 atom stereocenters. The number of nitrogens with one attached hydrogen (secondary N) is 2. The Morgan fingerprint density at radius 3 is 2.52 bits per heavy atom. The summed E-state index contributed by atoms with van der Waals surface area (Å²) in [4.78, 5) is 16.5. The van der Waals surface area contributed by atoms with E-state index in [0.717, 1.165) is 5.69 Å². The number of amides is 1. The van der Waals surface area contributed by atoms with Crippen LogP contribution >= 0.6 is 0 Å². The van der Waals surface area contributed by atoms with E-state index in [9.17, 15) is 9.18 Å². The maximum atomic E-state index is 13.6. The van der Waals surface area contributed by atoms with Crippen LogP contribution < -0.4 is 20.1 Å². The van der Waals surface area contributed by atoms with Crippen molar-refractivity contribution in [3.63, 3.8) is 0 Å². The van der Waals surface area contributed by atoms with Gasteiger partial charge in [0.15, 0.2) is 11.5 Å². The summed E-state index contributed by atoms with van der Waals surface area (Å²) in [6.07, 6.45) is 1.91. The van der Waals surface area contributed by atoms with Gasteiger partial charge in [0.05, 0.1) is 19.8 Å². The van der Waals surface area contributed by atoms with Crippen LogP contribution in [-0.4, -0.2) is 31.7 Å². The van der Waals surface area contributed by atoms with Crippen molar-refractivity contribution in [1.82, 2.24) is 10.3 Å². The van der Waals surface area contributed by atoms with Crippen LogP contribution in [0, 0.1) is 5.82 Å². The number of rotatable bonds is 8. The second-order valence-corrected chi connectivity index (χ2v) is 6.22. The summed E-state index contributed by atoms with van der Waals surface area (Å²) in [5.74, 6) is 1.29. The molecule has 150 valence electrons. The molecule has 0 aliphatic rings. The Balaban J connectivity index is 1.57. The molecule has 0 radical (unpaired) electrons. The summed E-state index contributed by atoms with van der Waals surface area (Å²) >= 11 is 0. The van der Waals surface area contributed by atoms with Gasteiger partial charge in [-0.3, -0.25) is 4.79 Å². The van der Waals surface area contributed by atoms with Crippen molar-refractivity contribution in [3.8, 4) is 11.5 Å². The molecule has 7 heteroatoms. The highest BCUT2D eigenvalue weighted by molar-refractivity contribution is 5.94. The first kappa shape index (κ1) is 20.1. The third-order valence-corrected chi connectivity index (χ3v) is 4.32. The molecule has 29 heavy (non-hydrogen) atoms. The van der Waals surface area contributed by atoms with Crippen LogP contribution in [0.4, 0.5) is 15.9 Å². The first-order valence-electron chi connectivity index (χ1n) is 9.07. The van der Waals surface area contributed by atoms with E-state index in [4.69, 9.17) is 9.47 Å². The fourth-order valence-corrected chi connectivity index (χ4v) is 2.78. The highest BCUT2D eigenvalue weighted by Crippen LogP contribution is 2.30. The van der Waals surface area contributed by atoms with Crippen molar-refractivity contribution in [1.29, 1.82) is 0 Å². The number of carbonyl (C=O) groups is 1.